The average molecular weight is 401 g/mol. The second-order valence-corrected chi connectivity index (χ2v) is 7.53. The zero-order valence-electron chi connectivity index (χ0n) is 15.5. The molecule has 3 amide bonds. The number of hydrogen-bond acceptors (Lipinski definition) is 6. The third-order valence-electron chi connectivity index (χ3n) is 5.50. The largest absolute Gasteiger partial charge is 0.368 e. The number of carbonyl (C=O) groups is 2. The summed E-state index contributed by atoms with van der Waals surface area (Å²) in [6.45, 7) is 3.22. The standard InChI is InChI=1S/C19H21ClN6O2/c1-12-14(20)15(23-17(21)22-12)25-9-7-19(8-10-25)16(27)24-18(28)26(19)11-13-5-3-2-4-6-13/h2-6H,7-11H2,1H3,(H2,21,22,23)(H,24,27,28). The molecule has 8 nitrogen and oxygen atoms in total. The number of piperidine rings is 1. The molecule has 3 heterocycles. The van der Waals surface area contributed by atoms with Crippen molar-refractivity contribution in [1.82, 2.24) is 20.2 Å². The van der Waals surface area contributed by atoms with Gasteiger partial charge in [-0.2, -0.15) is 4.98 Å². The maximum Gasteiger partial charge on any atom is 0.325 e. The van der Waals surface area contributed by atoms with Crippen molar-refractivity contribution in [2.75, 3.05) is 23.7 Å². The van der Waals surface area contributed by atoms with E-state index in [1.54, 1.807) is 11.8 Å². The highest BCUT2D eigenvalue weighted by molar-refractivity contribution is 6.33. The fourth-order valence-electron chi connectivity index (χ4n) is 3.95. The Hall–Kier alpha value is -2.87. The number of nitrogens with zero attached hydrogens (tertiary/aromatic N) is 4. The Morgan fingerprint density at radius 3 is 2.54 bits per heavy atom. The minimum Gasteiger partial charge on any atom is -0.368 e. The molecule has 4 rings (SSSR count). The van der Waals surface area contributed by atoms with Gasteiger partial charge in [-0.05, 0) is 25.3 Å². The maximum atomic E-state index is 12.7. The van der Waals surface area contributed by atoms with Crippen LogP contribution in [0, 0.1) is 6.92 Å². The van der Waals surface area contributed by atoms with Gasteiger partial charge in [0.2, 0.25) is 5.95 Å². The van der Waals surface area contributed by atoms with Crippen molar-refractivity contribution in [2.45, 2.75) is 31.8 Å². The lowest BCUT2D eigenvalue weighted by Crippen LogP contribution is -2.56. The van der Waals surface area contributed by atoms with E-state index in [4.69, 9.17) is 17.3 Å². The van der Waals surface area contributed by atoms with Crippen molar-refractivity contribution >= 4 is 35.3 Å². The highest BCUT2D eigenvalue weighted by Crippen LogP contribution is 2.37. The molecule has 0 bridgehead atoms. The molecule has 2 aliphatic rings. The summed E-state index contributed by atoms with van der Waals surface area (Å²) in [5, 5.41) is 2.95. The number of urea groups is 1. The van der Waals surface area contributed by atoms with Gasteiger partial charge in [0.25, 0.3) is 5.91 Å². The van der Waals surface area contributed by atoms with Crippen molar-refractivity contribution in [3.63, 3.8) is 0 Å². The number of benzene rings is 1. The molecule has 2 fully saturated rings. The number of halogens is 1. The van der Waals surface area contributed by atoms with Gasteiger partial charge in [0.05, 0.1) is 5.69 Å². The summed E-state index contributed by atoms with van der Waals surface area (Å²) in [4.78, 5) is 37.2. The van der Waals surface area contributed by atoms with Crippen molar-refractivity contribution < 1.29 is 9.59 Å². The molecule has 9 heteroatoms. The van der Waals surface area contributed by atoms with Crippen LogP contribution in [0.4, 0.5) is 16.6 Å². The Morgan fingerprint density at radius 1 is 1.18 bits per heavy atom. The van der Waals surface area contributed by atoms with Crippen LogP contribution in [-0.4, -0.2) is 45.4 Å². The molecule has 1 spiro atoms. The number of aryl methyl sites for hydroxylation is 1. The van der Waals surface area contributed by atoms with Crippen LogP contribution in [0.5, 0.6) is 0 Å². The average Bonchev–Trinajstić information content (AvgIpc) is 2.90. The molecule has 0 aliphatic carbocycles. The minimum absolute atomic E-state index is 0.164. The Labute approximate surface area is 167 Å². The van der Waals surface area contributed by atoms with Gasteiger partial charge in [-0.3, -0.25) is 10.1 Å². The molecule has 2 saturated heterocycles. The van der Waals surface area contributed by atoms with E-state index >= 15 is 0 Å². The van der Waals surface area contributed by atoms with Crippen LogP contribution in [0.15, 0.2) is 30.3 Å². The second-order valence-electron chi connectivity index (χ2n) is 7.15. The fourth-order valence-corrected chi connectivity index (χ4v) is 4.15. The number of anilines is 2. The van der Waals surface area contributed by atoms with Crippen molar-refractivity contribution in [3.05, 3.63) is 46.6 Å². The molecule has 1 aromatic carbocycles. The molecule has 1 aromatic heterocycles. The molecule has 146 valence electrons. The summed E-state index contributed by atoms with van der Waals surface area (Å²) < 4.78 is 0. The van der Waals surface area contributed by atoms with Gasteiger partial charge in [0.15, 0.2) is 5.82 Å². The van der Waals surface area contributed by atoms with E-state index in [-0.39, 0.29) is 17.9 Å². The van der Waals surface area contributed by atoms with Gasteiger partial charge in [-0.1, -0.05) is 41.9 Å². The number of amides is 3. The zero-order chi connectivity index (χ0) is 19.9. The van der Waals surface area contributed by atoms with Crippen molar-refractivity contribution in [2.24, 2.45) is 0 Å². The van der Waals surface area contributed by atoms with E-state index < -0.39 is 5.54 Å². The number of nitrogen functional groups attached to an aromatic ring is 1. The number of nitrogens with two attached hydrogens (primary N) is 1. The van der Waals surface area contributed by atoms with Crippen molar-refractivity contribution in [1.29, 1.82) is 0 Å². The first kappa shape index (κ1) is 18.5. The maximum absolute atomic E-state index is 12.7. The van der Waals surface area contributed by atoms with Crippen LogP contribution in [0.25, 0.3) is 0 Å². The third kappa shape index (κ3) is 3.03. The molecule has 28 heavy (non-hydrogen) atoms. The first-order chi connectivity index (χ1) is 13.4. The topological polar surface area (TPSA) is 104 Å². The SMILES string of the molecule is Cc1nc(N)nc(N2CCC3(CC2)C(=O)NC(=O)N3Cc2ccccc2)c1Cl. The predicted molar refractivity (Wildman–Crippen MR) is 106 cm³/mol. The number of nitrogens with one attached hydrogen (secondary N) is 1. The second kappa shape index (κ2) is 6.94. The number of hydrogen-bond donors (Lipinski definition) is 2. The lowest BCUT2D eigenvalue weighted by Gasteiger charge is -2.42. The molecule has 0 unspecified atom stereocenters. The smallest absolute Gasteiger partial charge is 0.325 e. The molecule has 0 atom stereocenters. The molecule has 2 aromatic rings. The fraction of sp³-hybridized carbons (Fsp3) is 0.368. The van der Waals surface area contributed by atoms with Gasteiger partial charge < -0.3 is 15.5 Å². The van der Waals surface area contributed by atoms with E-state index in [0.29, 0.717) is 49.0 Å². The van der Waals surface area contributed by atoms with E-state index in [0.717, 1.165) is 5.56 Å². The first-order valence-electron chi connectivity index (χ1n) is 9.12. The van der Waals surface area contributed by atoms with E-state index in [1.807, 2.05) is 35.2 Å². The van der Waals surface area contributed by atoms with Crippen LogP contribution in [0.2, 0.25) is 5.02 Å². The summed E-state index contributed by atoms with van der Waals surface area (Å²) in [6, 6.07) is 9.32. The van der Waals surface area contributed by atoms with E-state index in [2.05, 4.69) is 15.3 Å². The van der Waals surface area contributed by atoms with E-state index in [9.17, 15) is 9.59 Å². The van der Waals surface area contributed by atoms with E-state index in [1.165, 1.54) is 0 Å². The summed E-state index contributed by atoms with van der Waals surface area (Å²) in [7, 11) is 0. The highest BCUT2D eigenvalue weighted by atomic mass is 35.5. The molecule has 3 N–H and O–H groups in total. The normalized spacial score (nSPS) is 18.6. The van der Waals surface area contributed by atoms with Crippen LogP contribution in [0.1, 0.15) is 24.1 Å². The zero-order valence-corrected chi connectivity index (χ0v) is 16.2. The Kier molecular flexibility index (Phi) is 4.58. The van der Waals surface area contributed by atoms with Gasteiger partial charge in [0.1, 0.15) is 10.6 Å². The van der Waals surface area contributed by atoms with Crippen LogP contribution < -0.4 is 16.0 Å². The van der Waals surface area contributed by atoms with Gasteiger partial charge in [-0.25, -0.2) is 9.78 Å². The number of aromatic nitrogens is 2. The predicted octanol–water partition coefficient (Wildman–Crippen LogP) is 2.11. The molecule has 0 saturated carbocycles. The van der Waals surface area contributed by atoms with Crippen LogP contribution >= 0.6 is 11.6 Å². The van der Waals surface area contributed by atoms with Gasteiger partial charge >= 0.3 is 6.03 Å². The number of carbonyl (C=O) groups excluding carboxylic acids is 2. The number of imide groups is 1. The molecular weight excluding hydrogens is 380 g/mol. The molecule has 2 aliphatic heterocycles. The van der Waals surface area contributed by atoms with Gasteiger partial charge in [0, 0.05) is 19.6 Å². The van der Waals surface area contributed by atoms with Crippen LogP contribution in [-0.2, 0) is 11.3 Å². The van der Waals surface area contributed by atoms with Crippen LogP contribution in [0.3, 0.4) is 0 Å². The quantitative estimate of drug-likeness (QED) is 0.764. The Balaban J connectivity index is 1.57. The summed E-state index contributed by atoms with van der Waals surface area (Å²) in [5.41, 5.74) is 6.51. The summed E-state index contributed by atoms with van der Waals surface area (Å²) in [5.74, 6) is 0.495. The third-order valence-corrected chi connectivity index (χ3v) is 5.94. The van der Waals surface area contributed by atoms with Crippen molar-refractivity contribution in [3.8, 4) is 0 Å². The number of rotatable bonds is 3. The Bertz CT molecular complexity index is 928. The lowest BCUT2D eigenvalue weighted by atomic mass is 9.85. The molecular formula is C19H21ClN6O2. The monoisotopic (exact) mass is 400 g/mol. The minimum atomic E-state index is -0.858. The highest BCUT2D eigenvalue weighted by Gasteiger charge is 2.54. The summed E-state index contributed by atoms with van der Waals surface area (Å²) in [6.07, 6.45) is 0.966. The molecule has 0 radical (unpaired) electrons. The lowest BCUT2D eigenvalue weighted by molar-refractivity contribution is -0.127. The van der Waals surface area contributed by atoms with Gasteiger partial charge in [-0.15, -0.1) is 0 Å². The first-order valence-corrected chi connectivity index (χ1v) is 9.50. The Morgan fingerprint density at radius 2 is 1.86 bits per heavy atom. The summed E-state index contributed by atoms with van der Waals surface area (Å²) >= 11 is 6.37.